The highest BCUT2D eigenvalue weighted by Crippen LogP contribution is 2.08. The molecule has 0 aliphatic rings. The Morgan fingerprint density at radius 2 is 2.16 bits per heavy atom. The predicted octanol–water partition coefficient (Wildman–Crippen LogP) is 0.465. The normalized spacial score (nSPS) is 13.6. The number of nitrogens with one attached hydrogen (secondary N) is 1. The molecule has 2 aromatic rings. The van der Waals surface area contributed by atoms with Gasteiger partial charge in [-0.3, -0.25) is 4.68 Å². The number of rotatable bonds is 5. The van der Waals surface area contributed by atoms with Crippen LogP contribution in [-0.2, 0) is 17.1 Å². The maximum atomic E-state index is 12.0. The third kappa shape index (κ3) is 3.21. The minimum Gasteiger partial charge on any atom is -0.339 e. The van der Waals surface area contributed by atoms with Gasteiger partial charge in [-0.2, -0.15) is 5.10 Å². The summed E-state index contributed by atoms with van der Waals surface area (Å²) in [7, 11) is -1.84. The quantitative estimate of drug-likeness (QED) is 0.864. The SMILES string of the molecule is Cc1cnn(C(C)CNS(=O)(=O)c2cn(C)cn2)c1. The number of hydrogen-bond acceptors (Lipinski definition) is 4. The fourth-order valence-corrected chi connectivity index (χ4v) is 2.70. The van der Waals surface area contributed by atoms with Crippen molar-refractivity contribution >= 4 is 10.0 Å². The zero-order valence-electron chi connectivity index (χ0n) is 11.1. The van der Waals surface area contributed by atoms with Gasteiger partial charge in [-0.25, -0.2) is 18.1 Å². The molecule has 1 atom stereocenters. The van der Waals surface area contributed by atoms with E-state index in [1.807, 2.05) is 20.0 Å². The first-order chi connectivity index (χ1) is 8.88. The molecule has 0 saturated carbocycles. The molecular weight excluding hydrogens is 266 g/mol. The van der Waals surface area contributed by atoms with Crippen LogP contribution in [-0.4, -0.2) is 34.3 Å². The number of nitrogens with zero attached hydrogens (tertiary/aromatic N) is 4. The highest BCUT2D eigenvalue weighted by molar-refractivity contribution is 7.89. The molecule has 1 N–H and O–H groups in total. The van der Waals surface area contributed by atoms with Crippen LogP contribution in [0.25, 0.3) is 0 Å². The second kappa shape index (κ2) is 5.14. The summed E-state index contributed by atoms with van der Waals surface area (Å²) in [5, 5.41) is 4.18. The Labute approximate surface area is 112 Å². The Balaban J connectivity index is 2.02. The van der Waals surface area contributed by atoms with Gasteiger partial charge in [0, 0.05) is 26.0 Å². The molecule has 8 heteroatoms. The summed E-state index contributed by atoms with van der Waals surface area (Å²) >= 11 is 0. The van der Waals surface area contributed by atoms with E-state index in [-0.39, 0.29) is 17.6 Å². The molecule has 0 radical (unpaired) electrons. The zero-order valence-corrected chi connectivity index (χ0v) is 11.9. The molecule has 0 aromatic carbocycles. The van der Waals surface area contributed by atoms with Crippen molar-refractivity contribution < 1.29 is 8.42 Å². The molecule has 2 rings (SSSR count). The lowest BCUT2D eigenvalue weighted by molar-refractivity contribution is 0.478. The average Bonchev–Trinajstić information content (AvgIpc) is 2.95. The van der Waals surface area contributed by atoms with Gasteiger partial charge in [0.25, 0.3) is 10.0 Å². The van der Waals surface area contributed by atoms with Crippen LogP contribution in [0.5, 0.6) is 0 Å². The van der Waals surface area contributed by atoms with Gasteiger partial charge in [-0.15, -0.1) is 0 Å². The van der Waals surface area contributed by atoms with E-state index >= 15 is 0 Å². The first-order valence-corrected chi connectivity index (χ1v) is 7.35. The van der Waals surface area contributed by atoms with Crippen LogP contribution >= 0.6 is 0 Å². The van der Waals surface area contributed by atoms with Crippen LogP contribution in [0.3, 0.4) is 0 Å². The van der Waals surface area contributed by atoms with Crippen LogP contribution in [0.2, 0.25) is 0 Å². The summed E-state index contributed by atoms with van der Waals surface area (Å²) < 4.78 is 29.8. The number of hydrogen-bond donors (Lipinski definition) is 1. The third-order valence-corrected chi connectivity index (χ3v) is 4.02. The molecule has 0 saturated heterocycles. The summed E-state index contributed by atoms with van der Waals surface area (Å²) in [5.74, 6) is 0. The Bertz CT molecular complexity index is 658. The molecule has 19 heavy (non-hydrogen) atoms. The molecule has 2 aromatic heterocycles. The van der Waals surface area contributed by atoms with Crippen molar-refractivity contribution in [2.75, 3.05) is 6.54 Å². The average molecular weight is 283 g/mol. The molecular formula is C11H17N5O2S. The molecule has 0 fully saturated rings. The molecule has 7 nitrogen and oxygen atoms in total. The lowest BCUT2D eigenvalue weighted by Gasteiger charge is -2.12. The van der Waals surface area contributed by atoms with E-state index in [4.69, 9.17) is 0 Å². The van der Waals surface area contributed by atoms with Gasteiger partial charge in [0.2, 0.25) is 0 Å². The van der Waals surface area contributed by atoms with Crippen LogP contribution < -0.4 is 4.72 Å². The van der Waals surface area contributed by atoms with E-state index in [0.717, 1.165) is 5.56 Å². The summed E-state index contributed by atoms with van der Waals surface area (Å²) in [5.41, 5.74) is 1.04. The van der Waals surface area contributed by atoms with E-state index in [2.05, 4.69) is 14.8 Å². The van der Waals surface area contributed by atoms with Crippen molar-refractivity contribution in [1.29, 1.82) is 0 Å². The number of aryl methyl sites for hydroxylation is 2. The third-order valence-electron chi connectivity index (χ3n) is 2.71. The Hall–Kier alpha value is -1.67. The molecule has 0 bridgehead atoms. The minimum absolute atomic E-state index is 0.0267. The summed E-state index contributed by atoms with van der Waals surface area (Å²) in [6.45, 7) is 4.10. The van der Waals surface area contributed by atoms with Crippen molar-refractivity contribution in [2.45, 2.75) is 24.9 Å². The standard InChI is InChI=1S/C11H17N5O2S/c1-9-4-13-16(6-9)10(2)5-14-19(17,18)11-7-15(3)8-12-11/h4,6-8,10,14H,5H2,1-3H3. The van der Waals surface area contributed by atoms with E-state index in [1.165, 1.54) is 12.5 Å². The van der Waals surface area contributed by atoms with Gasteiger partial charge in [-0.05, 0) is 19.4 Å². The topological polar surface area (TPSA) is 81.8 Å². The van der Waals surface area contributed by atoms with Gasteiger partial charge in [-0.1, -0.05) is 0 Å². The van der Waals surface area contributed by atoms with E-state index in [0.29, 0.717) is 0 Å². The Morgan fingerprint density at radius 1 is 1.42 bits per heavy atom. The largest absolute Gasteiger partial charge is 0.339 e. The van der Waals surface area contributed by atoms with Gasteiger partial charge in [0.05, 0.1) is 18.6 Å². The first kappa shape index (κ1) is 13.8. The molecule has 0 spiro atoms. The summed E-state index contributed by atoms with van der Waals surface area (Å²) in [6.07, 6.45) is 6.53. The van der Waals surface area contributed by atoms with E-state index < -0.39 is 10.0 Å². The van der Waals surface area contributed by atoms with Crippen molar-refractivity contribution in [1.82, 2.24) is 24.1 Å². The fraction of sp³-hybridized carbons (Fsp3) is 0.455. The van der Waals surface area contributed by atoms with E-state index in [1.54, 1.807) is 22.5 Å². The second-order valence-corrected chi connectivity index (χ2v) is 6.29. The lowest BCUT2D eigenvalue weighted by atomic mass is 10.3. The highest BCUT2D eigenvalue weighted by Gasteiger charge is 2.18. The summed E-state index contributed by atoms with van der Waals surface area (Å²) in [6, 6.07) is -0.0628. The number of sulfonamides is 1. The summed E-state index contributed by atoms with van der Waals surface area (Å²) in [4.78, 5) is 3.83. The molecule has 0 amide bonds. The molecule has 0 aliphatic heterocycles. The van der Waals surface area contributed by atoms with Gasteiger partial charge in [0.1, 0.15) is 0 Å². The molecule has 0 aliphatic carbocycles. The van der Waals surface area contributed by atoms with Crippen LogP contribution in [0.4, 0.5) is 0 Å². The van der Waals surface area contributed by atoms with Crippen molar-refractivity contribution in [2.24, 2.45) is 7.05 Å². The number of imidazole rings is 1. The van der Waals surface area contributed by atoms with Gasteiger partial charge in [0.15, 0.2) is 5.03 Å². The number of aromatic nitrogens is 4. The van der Waals surface area contributed by atoms with Gasteiger partial charge < -0.3 is 4.57 Å². The Morgan fingerprint density at radius 3 is 2.68 bits per heavy atom. The van der Waals surface area contributed by atoms with Crippen LogP contribution in [0.1, 0.15) is 18.5 Å². The minimum atomic E-state index is -3.56. The first-order valence-electron chi connectivity index (χ1n) is 5.87. The van der Waals surface area contributed by atoms with E-state index in [9.17, 15) is 8.42 Å². The highest BCUT2D eigenvalue weighted by atomic mass is 32.2. The maximum absolute atomic E-state index is 12.0. The van der Waals surface area contributed by atoms with Crippen LogP contribution in [0.15, 0.2) is 29.9 Å². The van der Waals surface area contributed by atoms with Gasteiger partial charge >= 0.3 is 0 Å². The molecule has 2 heterocycles. The molecule has 104 valence electrons. The lowest BCUT2D eigenvalue weighted by Crippen LogP contribution is -2.30. The zero-order chi connectivity index (χ0) is 14.0. The van der Waals surface area contributed by atoms with Crippen molar-refractivity contribution in [3.05, 3.63) is 30.5 Å². The van der Waals surface area contributed by atoms with Crippen molar-refractivity contribution in [3.63, 3.8) is 0 Å². The van der Waals surface area contributed by atoms with Crippen molar-refractivity contribution in [3.8, 4) is 0 Å². The second-order valence-electron chi connectivity index (χ2n) is 4.58. The molecule has 1 unspecified atom stereocenters. The monoisotopic (exact) mass is 283 g/mol. The maximum Gasteiger partial charge on any atom is 0.259 e. The van der Waals surface area contributed by atoms with Crippen LogP contribution in [0, 0.1) is 6.92 Å². The fourth-order valence-electron chi connectivity index (χ4n) is 1.60. The Kier molecular flexibility index (Phi) is 3.72. The predicted molar refractivity (Wildman–Crippen MR) is 70.1 cm³/mol. The smallest absolute Gasteiger partial charge is 0.259 e.